The number of amides is 1. The van der Waals surface area contributed by atoms with Gasteiger partial charge < -0.3 is 15.8 Å². The van der Waals surface area contributed by atoms with Gasteiger partial charge in [-0.2, -0.15) is 0 Å². The Morgan fingerprint density at radius 2 is 1.91 bits per heavy atom. The van der Waals surface area contributed by atoms with Crippen molar-refractivity contribution in [2.45, 2.75) is 38.6 Å². The molecule has 1 rings (SSSR count). The number of rotatable bonds is 8. The van der Waals surface area contributed by atoms with Gasteiger partial charge >= 0.3 is 5.97 Å². The number of hydrogen-bond donors (Lipinski definition) is 2. The van der Waals surface area contributed by atoms with Crippen LogP contribution in [0.15, 0.2) is 24.3 Å². The van der Waals surface area contributed by atoms with E-state index in [0.29, 0.717) is 24.1 Å². The topological polar surface area (TPSA) is 98.5 Å². The number of carbonyl (C=O) groups excluding carboxylic acids is 3. The van der Waals surface area contributed by atoms with E-state index in [0.717, 1.165) is 0 Å². The lowest BCUT2D eigenvalue weighted by Gasteiger charge is -2.17. The number of carbonyl (C=O) groups is 3. The average Bonchev–Trinajstić information content (AvgIpc) is 2.47. The highest BCUT2D eigenvalue weighted by Gasteiger charge is 2.21. The van der Waals surface area contributed by atoms with Crippen molar-refractivity contribution in [2.24, 2.45) is 0 Å². The van der Waals surface area contributed by atoms with E-state index in [4.69, 9.17) is 5.73 Å². The van der Waals surface area contributed by atoms with Crippen LogP contribution in [0.1, 0.15) is 43.0 Å². The maximum Gasteiger partial charge on any atom is 0.307 e. The Labute approximate surface area is 130 Å². The fraction of sp³-hybridized carbons (Fsp3) is 0.438. The smallest absolute Gasteiger partial charge is 0.307 e. The van der Waals surface area contributed by atoms with Crippen LogP contribution in [0.2, 0.25) is 0 Å². The zero-order chi connectivity index (χ0) is 16.5. The number of ether oxygens (including phenoxy) is 1. The van der Waals surface area contributed by atoms with Crippen LogP contribution in [0, 0.1) is 0 Å². The van der Waals surface area contributed by atoms with Crippen molar-refractivity contribution in [3.05, 3.63) is 29.8 Å². The molecule has 22 heavy (non-hydrogen) atoms. The third-order valence-electron chi connectivity index (χ3n) is 3.18. The average molecular weight is 306 g/mol. The molecule has 120 valence electrons. The summed E-state index contributed by atoms with van der Waals surface area (Å²) >= 11 is 0. The number of nitrogens with one attached hydrogen (secondary N) is 1. The van der Waals surface area contributed by atoms with Gasteiger partial charge in [0.15, 0.2) is 5.78 Å². The number of nitrogen functional groups attached to an aromatic ring is 1. The first kappa shape index (κ1) is 17.7. The van der Waals surface area contributed by atoms with Gasteiger partial charge in [0.1, 0.15) is 0 Å². The molecule has 0 aliphatic carbocycles. The lowest BCUT2D eigenvalue weighted by molar-refractivity contribution is -0.141. The Hall–Kier alpha value is -2.37. The van der Waals surface area contributed by atoms with Gasteiger partial charge in [0.25, 0.3) is 0 Å². The van der Waals surface area contributed by atoms with Gasteiger partial charge in [-0.25, -0.2) is 0 Å². The summed E-state index contributed by atoms with van der Waals surface area (Å²) in [6, 6.07) is 6.12. The molecule has 6 heteroatoms. The van der Waals surface area contributed by atoms with E-state index < -0.39 is 12.0 Å². The molecule has 0 aliphatic heterocycles. The Morgan fingerprint density at radius 1 is 1.23 bits per heavy atom. The zero-order valence-corrected chi connectivity index (χ0v) is 12.9. The SMILES string of the molecule is CCCC(=O)NC(CC(=O)OC)CC(=O)c1ccccc1N. The van der Waals surface area contributed by atoms with Crippen LogP contribution in [-0.4, -0.2) is 30.8 Å². The number of ketones is 1. The zero-order valence-electron chi connectivity index (χ0n) is 12.9. The van der Waals surface area contributed by atoms with Crippen molar-refractivity contribution in [1.29, 1.82) is 0 Å². The molecule has 0 saturated heterocycles. The largest absolute Gasteiger partial charge is 0.469 e. The second-order valence-electron chi connectivity index (χ2n) is 5.01. The van der Waals surface area contributed by atoms with Gasteiger partial charge in [-0.05, 0) is 18.6 Å². The summed E-state index contributed by atoms with van der Waals surface area (Å²) in [7, 11) is 1.27. The molecule has 0 fully saturated rings. The minimum Gasteiger partial charge on any atom is -0.469 e. The molecule has 0 aliphatic rings. The Balaban J connectivity index is 2.78. The predicted octanol–water partition coefficient (Wildman–Crippen LogP) is 1.69. The molecule has 1 atom stereocenters. The molecule has 0 bridgehead atoms. The molecule has 1 aromatic carbocycles. The Morgan fingerprint density at radius 3 is 2.50 bits per heavy atom. The van der Waals surface area contributed by atoms with Gasteiger partial charge in [-0.1, -0.05) is 19.1 Å². The predicted molar refractivity (Wildman–Crippen MR) is 83.3 cm³/mol. The third-order valence-corrected chi connectivity index (χ3v) is 3.18. The number of benzene rings is 1. The Kier molecular flexibility index (Phi) is 7.08. The number of anilines is 1. The third kappa shape index (κ3) is 5.55. The van der Waals surface area contributed by atoms with E-state index in [1.54, 1.807) is 24.3 Å². The molecule has 1 amide bonds. The first-order chi connectivity index (χ1) is 10.5. The molecule has 3 N–H and O–H groups in total. The van der Waals surface area contributed by atoms with Crippen LogP contribution >= 0.6 is 0 Å². The summed E-state index contributed by atoms with van der Waals surface area (Å²) in [5, 5.41) is 2.70. The number of nitrogens with two attached hydrogens (primary N) is 1. The van der Waals surface area contributed by atoms with Gasteiger partial charge in [0, 0.05) is 30.1 Å². The Bertz CT molecular complexity index is 543. The molecule has 0 heterocycles. The fourth-order valence-corrected chi connectivity index (χ4v) is 2.07. The summed E-state index contributed by atoms with van der Waals surface area (Å²) < 4.78 is 4.61. The van der Waals surface area contributed by atoms with Crippen molar-refractivity contribution in [1.82, 2.24) is 5.32 Å². The lowest BCUT2D eigenvalue weighted by atomic mass is 10.00. The second-order valence-corrected chi connectivity index (χ2v) is 5.01. The first-order valence-electron chi connectivity index (χ1n) is 7.21. The van der Waals surface area contributed by atoms with E-state index in [1.165, 1.54) is 7.11 Å². The summed E-state index contributed by atoms with van der Waals surface area (Å²) in [4.78, 5) is 35.4. The van der Waals surface area contributed by atoms with Gasteiger partial charge in [-0.15, -0.1) is 0 Å². The fourth-order valence-electron chi connectivity index (χ4n) is 2.07. The van der Waals surface area contributed by atoms with Crippen LogP contribution in [0.5, 0.6) is 0 Å². The van der Waals surface area contributed by atoms with E-state index in [9.17, 15) is 14.4 Å². The quantitative estimate of drug-likeness (QED) is 0.432. The van der Waals surface area contributed by atoms with Crippen LogP contribution in [0.25, 0.3) is 0 Å². The van der Waals surface area contributed by atoms with Crippen molar-refractivity contribution in [3.63, 3.8) is 0 Å². The lowest BCUT2D eigenvalue weighted by Crippen LogP contribution is -2.38. The normalized spacial score (nSPS) is 11.5. The van der Waals surface area contributed by atoms with Gasteiger partial charge in [0.2, 0.25) is 5.91 Å². The molecule has 0 aromatic heterocycles. The summed E-state index contributed by atoms with van der Waals surface area (Å²) in [5.74, 6) is -0.885. The van der Waals surface area contributed by atoms with E-state index in [2.05, 4.69) is 10.1 Å². The number of para-hydroxylation sites is 1. The minimum absolute atomic E-state index is 0.00122. The standard InChI is InChI=1S/C16H22N2O4/c1-3-6-15(20)18-11(10-16(21)22-2)9-14(19)12-7-4-5-8-13(12)17/h4-5,7-8,11H,3,6,9-10,17H2,1-2H3,(H,18,20). The van der Waals surface area contributed by atoms with E-state index in [1.807, 2.05) is 6.92 Å². The molecule has 1 aromatic rings. The summed E-state index contributed by atoms with van der Waals surface area (Å²) in [6.45, 7) is 1.88. The molecule has 1 unspecified atom stereocenters. The van der Waals surface area contributed by atoms with E-state index >= 15 is 0 Å². The van der Waals surface area contributed by atoms with Crippen LogP contribution in [-0.2, 0) is 14.3 Å². The first-order valence-corrected chi connectivity index (χ1v) is 7.21. The molecular weight excluding hydrogens is 284 g/mol. The summed E-state index contributed by atoms with van der Waals surface area (Å²) in [5.41, 5.74) is 6.54. The molecule has 6 nitrogen and oxygen atoms in total. The number of methoxy groups -OCH3 is 1. The number of esters is 1. The van der Waals surface area contributed by atoms with E-state index in [-0.39, 0.29) is 24.5 Å². The highest BCUT2D eigenvalue weighted by atomic mass is 16.5. The highest BCUT2D eigenvalue weighted by Crippen LogP contribution is 2.15. The van der Waals surface area contributed by atoms with Crippen LogP contribution in [0.4, 0.5) is 5.69 Å². The van der Waals surface area contributed by atoms with Crippen LogP contribution in [0.3, 0.4) is 0 Å². The van der Waals surface area contributed by atoms with Gasteiger partial charge in [0.05, 0.1) is 13.5 Å². The van der Waals surface area contributed by atoms with Crippen molar-refractivity contribution >= 4 is 23.3 Å². The van der Waals surface area contributed by atoms with Crippen molar-refractivity contribution in [3.8, 4) is 0 Å². The molecule has 0 spiro atoms. The number of hydrogen-bond acceptors (Lipinski definition) is 5. The monoisotopic (exact) mass is 306 g/mol. The minimum atomic E-state index is -0.599. The van der Waals surface area contributed by atoms with Crippen LogP contribution < -0.4 is 11.1 Å². The molecule has 0 saturated carbocycles. The van der Waals surface area contributed by atoms with Crippen molar-refractivity contribution < 1.29 is 19.1 Å². The molecule has 0 radical (unpaired) electrons. The maximum atomic E-state index is 12.3. The molecular formula is C16H22N2O4. The van der Waals surface area contributed by atoms with Crippen molar-refractivity contribution in [2.75, 3.05) is 12.8 Å². The highest BCUT2D eigenvalue weighted by molar-refractivity contribution is 6.01. The maximum absolute atomic E-state index is 12.3. The number of Topliss-reactive ketones (excluding diaryl/α,β-unsaturated/α-hetero) is 1. The second kappa shape index (κ2) is 8.81. The van der Waals surface area contributed by atoms with Gasteiger partial charge in [-0.3, -0.25) is 14.4 Å². The summed E-state index contributed by atoms with van der Waals surface area (Å²) in [6.07, 6.45) is 0.985.